The van der Waals surface area contributed by atoms with E-state index >= 15 is 0 Å². The van der Waals surface area contributed by atoms with Gasteiger partial charge in [-0.3, -0.25) is 4.57 Å². The Hall–Kier alpha value is -3.35. The van der Waals surface area contributed by atoms with Crippen LogP contribution in [-0.4, -0.2) is 26.6 Å². The van der Waals surface area contributed by atoms with Crippen molar-refractivity contribution in [2.75, 3.05) is 11.6 Å². The van der Waals surface area contributed by atoms with Gasteiger partial charge in [-0.05, 0) is 47.4 Å². The number of anilines is 1. The van der Waals surface area contributed by atoms with E-state index in [1.54, 1.807) is 11.6 Å². The van der Waals surface area contributed by atoms with E-state index < -0.39 is 0 Å². The highest BCUT2D eigenvalue weighted by molar-refractivity contribution is 6.31. The highest BCUT2D eigenvalue weighted by Crippen LogP contribution is 2.31. The average Bonchev–Trinajstić information content (AvgIpc) is 3.40. The van der Waals surface area contributed by atoms with Gasteiger partial charge in [0.05, 0.1) is 18.8 Å². The molecule has 0 bridgehead atoms. The summed E-state index contributed by atoms with van der Waals surface area (Å²) in [6.07, 6.45) is 0. The molecule has 172 valence electrons. The van der Waals surface area contributed by atoms with Gasteiger partial charge < -0.3 is 0 Å². The van der Waals surface area contributed by atoms with Gasteiger partial charge in [0.25, 0.3) is 0 Å². The van der Waals surface area contributed by atoms with E-state index in [0.29, 0.717) is 29.1 Å². The number of halogens is 2. The number of nitrogens with zero attached hydrogens (tertiary/aromatic N) is 5. The van der Waals surface area contributed by atoms with Crippen LogP contribution in [0.1, 0.15) is 28.2 Å². The topological polar surface area (TPSA) is 55.4 Å². The fraction of sp³-hybridized carbons (Fsp3) is 0.192. The molecule has 1 aliphatic rings. The summed E-state index contributed by atoms with van der Waals surface area (Å²) in [5.74, 6) is 0.530. The lowest BCUT2D eigenvalue weighted by Gasteiger charge is -2.15. The van der Waals surface area contributed by atoms with Gasteiger partial charge in [0.15, 0.2) is 0 Å². The van der Waals surface area contributed by atoms with Gasteiger partial charge in [-0.15, -0.1) is 5.10 Å². The minimum Gasteiger partial charge on any atom is -0.263 e. The van der Waals surface area contributed by atoms with Gasteiger partial charge in [-0.2, -0.15) is 5.10 Å². The number of hydrazone groups is 1. The van der Waals surface area contributed by atoms with Crippen molar-refractivity contribution in [1.29, 1.82) is 0 Å². The first-order valence-electron chi connectivity index (χ1n) is 11.0. The largest absolute Gasteiger partial charge is 0.347 e. The fourth-order valence-corrected chi connectivity index (χ4v) is 4.48. The van der Waals surface area contributed by atoms with Crippen LogP contribution in [0.5, 0.6) is 0 Å². The molecule has 1 unspecified atom stereocenters. The Morgan fingerprint density at radius 1 is 1.00 bits per heavy atom. The van der Waals surface area contributed by atoms with Crippen LogP contribution in [0.3, 0.4) is 0 Å². The summed E-state index contributed by atoms with van der Waals surface area (Å²) >= 11 is 12.3. The summed E-state index contributed by atoms with van der Waals surface area (Å²) in [7, 11) is 1.72. The molecule has 0 spiro atoms. The van der Waals surface area contributed by atoms with Crippen molar-refractivity contribution in [3.05, 3.63) is 116 Å². The molecular weight excluding hydrogens is 469 g/mol. The molecule has 2 heterocycles. The van der Waals surface area contributed by atoms with Crippen LogP contribution in [0.4, 0.5) is 5.95 Å². The van der Waals surface area contributed by atoms with Gasteiger partial charge in [0.2, 0.25) is 5.95 Å². The predicted octanol–water partition coefficient (Wildman–Crippen LogP) is 5.25. The van der Waals surface area contributed by atoms with Crippen molar-refractivity contribution < 1.29 is 0 Å². The molecule has 1 aliphatic heterocycles. The molecule has 1 aromatic heterocycles. The van der Waals surface area contributed by atoms with Gasteiger partial charge in [0, 0.05) is 23.0 Å². The lowest BCUT2D eigenvalue weighted by molar-refractivity contribution is 0.645. The fourth-order valence-electron chi connectivity index (χ4n) is 4.24. The molecule has 0 radical (unpaired) electrons. The standard InChI is InChI=1S/C26H23Cl2N5O/c1-17-14-18(8-13-23(17)28)15-33-26(34)31(2)25(30-33)32-16-22(19-6-4-3-5-7-19)24(29-32)20-9-11-21(27)12-10-20/h3-14,22H,15-16H2,1-2H3. The van der Waals surface area contributed by atoms with Crippen LogP contribution in [0.2, 0.25) is 10.0 Å². The van der Waals surface area contributed by atoms with E-state index in [1.165, 1.54) is 4.68 Å². The van der Waals surface area contributed by atoms with E-state index in [9.17, 15) is 4.79 Å². The van der Waals surface area contributed by atoms with Gasteiger partial charge in [0.1, 0.15) is 0 Å². The van der Waals surface area contributed by atoms with Crippen molar-refractivity contribution in [1.82, 2.24) is 14.3 Å². The Labute approximate surface area is 207 Å². The zero-order valence-corrected chi connectivity index (χ0v) is 20.3. The molecular formula is C26H23Cl2N5O. The highest BCUT2D eigenvalue weighted by Gasteiger charge is 2.32. The molecule has 6 nitrogen and oxygen atoms in total. The molecule has 0 aliphatic carbocycles. The van der Waals surface area contributed by atoms with E-state index in [-0.39, 0.29) is 11.6 Å². The minimum absolute atomic E-state index is 0.0292. The van der Waals surface area contributed by atoms with Crippen LogP contribution in [-0.2, 0) is 13.6 Å². The van der Waals surface area contributed by atoms with Crippen molar-refractivity contribution in [2.45, 2.75) is 19.4 Å². The zero-order chi connectivity index (χ0) is 23.8. The molecule has 3 aromatic carbocycles. The average molecular weight is 492 g/mol. The maximum Gasteiger partial charge on any atom is 0.347 e. The summed E-state index contributed by atoms with van der Waals surface area (Å²) in [4.78, 5) is 13.0. The zero-order valence-electron chi connectivity index (χ0n) is 18.8. The summed E-state index contributed by atoms with van der Waals surface area (Å²) in [5.41, 5.74) is 4.78. The summed E-state index contributed by atoms with van der Waals surface area (Å²) in [5, 5.41) is 12.7. The molecule has 4 aromatic rings. The predicted molar refractivity (Wildman–Crippen MR) is 137 cm³/mol. The Kier molecular flexibility index (Phi) is 6.02. The van der Waals surface area contributed by atoms with Crippen LogP contribution >= 0.6 is 23.2 Å². The van der Waals surface area contributed by atoms with Gasteiger partial charge in [-0.25, -0.2) is 14.5 Å². The lowest BCUT2D eigenvalue weighted by Crippen LogP contribution is -2.25. The maximum absolute atomic E-state index is 13.0. The number of aromatic nitrogens is 3. The van der Waals surface area contributed by atoms with Crippen molar-refractivity contribution >= 4 is 34.9 Å². The number of hydrogen-bond donors (Lipinski definition) is 0. The van der Waals surface area contributed by atoms with Crippen LogP contribution in [0, 0.1) is 6.92 Å². The molecule has 5 rings (SSSR count). The Morgan fingerprint density at radius 2 is 1.74 bits per heavy atom. The van der Waals surface area contributed by atoms with Crippen molar-refractivity contribution in [3.8, 4) is 0 Å². The number of hydrogen-bond acceptors (Lipinski definition) is 4. The number of rotatable bonds is 5. The molecule has 8 heteroatoms. The lowest BCUT2D eigenvalue weighted by atomic mass is 9.91. The van der Waals surface area contributed by atoms with E-state index in [2.05, 4.69) is 17.2 Å². The second kappa shape index (κ2) is 9.12. The van der Waals surface area contributed by atoms with Crippen LogP contribution in [0.25, 0.3) is 0 Å². The van der Waals surface area contributed by atoms with Gasteiger partial charge in [-0.1, -0.05) is 77.8 Å². The van der Waals surface area contributed by atoms with E-state index in [1.807, 2.05) is 72.6 Å². The molecule has 1 atom stereocenters. The number of aryl methyl sites for hydroxylation is 1. The summed E-state index contributed by atoms with van der Waals surface area (Å²) < 4.78 is 3.00. The van der Waals surface area contributed by atoms with Crippen LogP contribution in [0.15, 0.2) is 82.7 Å². The first-order valence-corrected chi connectivity index (χ1v) is 11.7. The van der Waals surface area contributed by atoms with E-state index in [0.717, 1.165) is 28.0 Å². The van der Waals surface area contributed by atoms with E-state index in [4.69, 9.17) is 28.3 Å². The van der Waals surface area contributed by atoms with Crippen molar-refractivity contribution in [2.24, 2.45) is 12.1 Å². The summed E-state index contributed by atoms with van der Waals surface area (Å²) in [6.45, 7) is 2.88. The molecule has 0 saturated heterocycles. The quantitative estimate of drug-likeness (QED) is 0.382. The molecule has 0 N–H and O–H groups in total. The first kappa shape index (κ1) is 22.4. The third-order valence-corrected chi connectivity index (χ3v) is 6.74. The minimum atomic E-state index is -0.200. The van der Waals surface area contributed by atoms with Crippen LogP contribution < -0.4 is 10.7 Å². The summed E-state index contributed by atoms with van der Waals surface area (Å²) in [6, 6.07) is 23.6. The Morgan fingerprint density at radius 3 is 2.44 bits per heavy atom. The Bertz CT molecular complexity index is 1420. The third-order valence-electron chi connectivity index (χ3n) is 6.06. The smallest absolute Gasteiger partial charge is 0.263 e. The molecule has 0 saturated carbocycles. The van der Waals surface area contributed by atoms with Crippen molar-refractivity contribution in [3.63, 3.8) is 0 Å². The first-order chi connectivity index (χ1) is 16.4. The second-order valence-electron chi connectivity index (χ2n) is 8.42. The SMILES string of the molecule is Cc1cc(Cn2nc(N3CC(c4ccccc4)C(c4ccc(Cl)cc4)=N3)n(C)c2=O)ccc1Cl. The van der Waals surface area contributed by atoms with Gasteiger partial charge >= 0.3 is 5.69 Å². The normalized spacial score (nSPS) is 15.6. The monoisotopic (exact) mass is 491 g/mol. The number of benzene rings is 3. The molecule has 0 amide bonds. The third kappa shape index (κ3) is 4.27. The Balaban J connectivity index is 1.51. The molecule has 34 heavy (non-hydrogen) atoms. The second-order valence-corrected chi connectivity index (χ2v) is 9.26. The maximum atomic E-state index is 13.0. The molecule has 0 fully saturated rings. The highest BCUT2D eigenvalue weighted by atomic mass is 35.5.